The topological polar surface area (TPSA) is 58.3 Å². The Labute approximate surface area is 42.5 Å². The van der Waals surface area contributed by atoms with E-state index in [0.717, 1.165) is 6.42 Å². The lowest BCUT2D eigenvalue weighted by Crippen LogP contribution is -2.58. The standard InChI is InChI=1S/C4H10N2O/c5-4-1-3(2-7)6-4/h3-4,6-7H,1-2,5H2. The monoisotopic (exact) mass is 102 g/mol. The molecule has 0 aromatic rings. The van der Waals surface area contributed by atoms with Gasteiger partial charge in [-0.05, 0) is 6.42 Å². The normalized spacial score (nSPS) is 40.3. The molecule has 42 valence electrons. The fourth-order valence-corrected chi connectivity index (χ4v) is 0.712. The number of nitrogens with two attached hydrogens (primary N) is 1. The Morgan fingerprint density at radius 1 is 1.86 bits per heavy atom. The van der Waals surface area contributed by atoms with Gasteiger partial charge < -0.3 is 10.8 Å². The molecular formula is C4H10N2O. The van der Waals surface area contributed by atoms with E-state index in [9.17, 15) is 0 Å². The predicted molar refractivity (Wildman–Crippen MR) is 26.6 cm³/mol. The first kappa shape index (κ1) is 5.03. The van der Waals surface area contributed by atoms with Crippen LogP contribution in [0.25, 0.3) is 0 Å². The Morgan fingerprint density at radius 3 is 2.57 bits per heavy atom. The van der Waals surface area contributed by atoms with Crippen LogP contribution in [0.15, 0.2) is 0 Å². The molecule has 2 unspecified atom stereocenters. The molecule has 7 heavy (non-hydrogen) atoms. The summed E-state index contributed by atoms with van der Waals surface area (Å²) < 4.78 is 0. The summed E-state index contributed by atoms with van der Waals surface area (Å²) in [5, 5.41) is 11.3. The molecule has 1 aliphatic heterocycles. The van der Waals surface area contributed by atoms with Crippen LogP contribution in [0.3, 0.4) is 0 Å². The van der Waals surface area contributed by atoms with Gasteiger partial charge in [-0.1, -0.05) is 0 Å². The maximum absolute atomic E-state index is 8.39. The van der Waals surface area contributed by atoms with Crippen LogP contribution < -0.4 is 11.1 Å². The van der Waals surface area contributed by atoms with Gasteiger partial charge in [-0.2, -0.15) is 0 Å². The van der Waals surface area contributed by atoms with Crippen LogP contribution in [0.1, 0.15) is 6.42 Å². The highest BCUT2D eigenvalue weighted by Crippen LogP contribution is 2.03. The predicted octanol–water partition coefficient (Wildman–Crippen LogP) is -1.37. The molecule has 0 aromatic carbocycles. The fourth-order valence-electron chi connectivity index (χ4n) is 0.712. The van der Waals surface area contributed by atoms with Crippen molar-refractivity contribution in [3.05, 3.63) is 0 Å². The van der Waals surface area contributed by atoms with Gasteiger partial charge in [-0.25, -0.2) is 0 Å². The van der Waals surface area contributed by atoms with Crippen molar-refractivity contribution >= 4 is 0 Å². The number of aliphatic hydroxyl groups excluding tert-OH is 1. The van der Waals surface area contributed by atoms with Gasteiger partial charge in [0.15, 0.2) is 0 Å². The Morgan fingerprint density at radius 2 is 2.43 bits per heavy atom. The summed E-state index contributed by atoms with van der Waals surface area (Å²) in [5.41, 5.74) is 5.32. The van der Waals surface area contributed by atoms with Gasteiger partial charge >= 0.3 is 0 Å². The van der Waals surface area contributed by atoms with Crippen LogP contribution in [0, 0.1) is 0 Å². The first-order valence-electron chi connectivity index (χ1n) is 2.45. The largest absolute Gasteiger partial charge is 0.395 e. The summed E-state index contributed by atoms with van der Waals surface area (Å²) in [6, 6.07) is 0.273. The lowest BCUT2D eigenvalue weighted by molar-refractivity contribution is 0.161. The molecule has 4 N–H and O–H groups in total. The van der Waals surface area contributed by atoms with Gasteiger partial charge in [0, 0.05) is 6.04 Å². The van der Waals surface area contributed by atoms with E-state index in [2.05, 4.69) is 5.32 Å². The third-order valence-electron chi connectivity index (χ3n) is 1.21. The lowest BCUT2D eigenvalue weighted by atomic mass is 10.1. The number of hydrogen-bond donors (Lipinski definition) is 3. The van der Waals surface area contributed by atoms with E-state index in [1.54, 1.807) is 0 Å². The molecule has 1 aliphatic rings. The molecule has 2 atom stereocenters. The molecule has 3 heteroatoms. The zero-order valence-electron chi connectivity index (χ0n) is 4.09. The van der Waals surface area contributed by atoms with Gasteiger partial charge in [0.05, 0.1) is 12.8 Å². The van der Waals surface area contributed by atoms with Crippen molar-refractivity contribution in [3.8, 4) is 0 Å². The zero-order valence-corrected chi connectivity index (χ0v) is 4.09. The molecule has 1 fully saturated rings. The number of hydrogen-bond acceptors (Lipinski definition) is 3. The second kappa shape index (κ2) is 1.78. The summed E-state index contributed by atoms with van der Waals surface area (Å²) in [6.07, 6.45) is 1.05. The molecule has 0 aliphatic carbocycles. The van der Waals surface area contributed by atoms with E-state index in [1.807, 2.05) is 0 Å². The van der Waals surface area contributed by atoms with Crippen molar-refractivity contribution in [2.24, 2.45) is 5.73 Å². The average Bonchev–Trinajstić information content (AvgIpc) is 1.58. The molecule has 0 spiro atoms. The number of aliphatic hydroxyl groups is 1. The summed E-state index contributed by atoms with van der Waals surface area (Å²) in [4.78, 5) is 0. The minimum atomic E-state index is 0.136. The Kier molecular flexibility index (Phi) is 1.27. The summed E-state index contributed by atoms with van der Waals surface area (Å²) >= 11 is 0. The second-order valence-corrected chi connectivity index (χ2v) is 1.89. The molecule has 3 nitrogen and oxygen atoms in total. The highest BCUT2D eigenvalue weighted by molar-refractivity contribution is 4.82. The first-order valence-corrected chi connectivity index (χ1v) is 2.45. The third kappa shape index (κ3) is 0.907. The molecule has 0 radical (unpaired) electrons. The summed E-state index contributed by atoms with van der Waals surface area (Å²) in [7, 11) is 0. The van der Waals surface area contributed by atoms with Gasteiger partial charge in [0.1, 0.15) is 0 Å². The van der Waals surface area contributed by atoms with E-state index >= 15 is 0 Å². The minimum Gasteiger partial charge on any atom is -0.395 e. The Balaban J connectivity index is 2.06. The zero-order chi connectivity index (χ0) is 5.28. The quantitative estimate of drug-likeness (QED) is 0.382. The number of rotatable bonds is 1. The van der Waals surface area contributed by atoms with Gasteiger partial charge in [-0.15, -0.1) is 0 Å². The van der Waals surface area contributed by atoms with Crippen molar-refractivity contribution in [3.63, 3.8) is 0 Å². The highest BCUT2D eigenvalue weighted by atomic mass is 16.3. The van der Waals surface area contributed by atoms with Crippen LogP contribution in [-0.2, 0) is 0 Å². The van der Waals surface area contributed by atoms with Gasteiger partial charge in [-0.3, -0.25) is 5.32 Å². The van der Waals surface area contributed by atoms with Crippen LogP contribution in [0.2, 0.25) is 0 Å². The molecule has 1 saturated heterocycles. The van der Waals surface area contributed by atoms with Crippen molar-refractivity contribution in [2.45, 2.75) is 18.6 Å². The van der Waals surface area contributed by atoms with Crippen molar-refractivity contribution < 1.29 is 5.11 Å². The summed E-state index contributed by atoms with van der Waals surface area (Å²) in [6.45, 7) is 0.216. The van der Waals surface area contributed by atoms with E-state index < -0.39 is 0 Å². The van der Waals surface area contributed by atoms with Gasteiger partial charge in [0.2, 0.25) is 0 Å². The van der Waals surface area contributed by atoms with Crippen LogP contribution in [0.5, 0.6) is 0 Å². The van der Waals surface area contributed by atoms with Crippen LogP contribution in [-0.4, -0.2) is 23.9 Å². The van der Waals surface area contributed by atoms with E-state index in [0.29, 0.717) is 0 Å². The van der Waals surface area contributed by atoms with Crippen molar-refractivity contribution in [2.75, 3.05) is 6.61 Å². The maximum Gasteiger partial charge on any atom is 0.0586 e. The number of nitrogens with one attached hydrogen (secondary N) is 1. The minimum absolute atomic E-state index is 0.136. The molecule has 1 heterocycles. The summed E-state index contributed by atoms with van der Waals surface area (Å²) in [5.74, 6) is 0. The molecule has 0 saturated carbocycles. The van der Waals surface area contributed by atoms with Crippen LogP contribution >= 0.6 is 0 Å². The average molecular weight is 102 g/mol. The van der Waals surface area contributed by atoms with Gasteiger partial charge in [0.25, 0.3) is 0 Å². The lowest BCUT2D eigenvalue weighted by Gasteiger charge is -2.32. The SMILES string of the molecule is NC1CC(CO)N1. The smallest absolute Gasteiger partial charge is 0.0586 e. The molecular weight excluding hydrogens is 92.1 g/mol. The van der Waals surface area contributed by atoms with E-state index in [-0.39, 0.29) is 18.8 Å². The van der Waals surface area contributed by atoms with E-state index in [1.165, 1.54) is 0 Å². The second-order valence-electron chi connectivity index (χ2n) is 1.89. The first-order chi connectivity index (χ1) is 3.33. The third-order valence-corrected chi connectivity index (χ3v) is 1.21. The van der Waals surface area contributed by atoms with Crippen LogP contribution in [0.4, 0.5) is 0 Å². The molecule has 0 amide bonds. The Bertz CT molecular complexity index is 60.7. The fraction of sp³-hybridized carbons (Fsp3) is 1.00. The van der Waals surface area contributed by atoms with Crippen molar-refractivity contribution in [1.29, 1.82) is 0 Å². The molecule has 0 bridgehead atoms. The van der Waals surface area contributed by atoms with E-state index in [4.69, 9.17) is 10.8 Å². The Hall–Kier alpha value is -0.120. The molecule has 1 rings (SSSR count). The van der Waals surface area contributed by atoms with Crippen molar-refractivity contribution in [1.82, 2.24) is 5.32 Å². The maximum atomic E-state index is 8.39. The molecule has 0 aromatic heterocycles. The highest BCUT2D eigenvalue weighted by Gasteiger charge is 2.22.